The summed E-state index contributed by atoms with van der Waals surface area (Å²) in [6.07, 6.45) is 3.99. The summed E-state index contributed by atoms with van der Waals surface area (Å²) in [7, 11) is 5.51. The summed E-state index contributed by atoms with van der Waals surface area (Å²) in [5, 5.41) is 3.16. The fraction of sp³-hybridized carbons (Fsp3) is 0.273. The van der Waals surface area contributed by atoms with E-state index in [0.717, 1.165) is 6.54 Å². The van der Waals surface area contributed by atoms with Gasteiger partial charge in [0.15, 0.2) is 0 Å². The Morgan fingerprint density at radius 3 is 2.86 bits per heavy atom. The van der Waals surface area contributed by atoms with E-state index in [-0.39, 0.29) is 0 Å². The Balaban J connectivity index is 2.94. The van der Waals surface area contributed by atoms with Crippen molar-refractivity contribution in [3.8, 4) is 0 Å². The third-order valence-electron chi connectivity index (χ3n) is 1.88. The van der Waals surface area contributed by atoms with E-state index in [2.05, 4.69) is 36.4 Å². The zero-order valence-electron chi connectivity index (χ0n) is 8.54. The molecule has 0 fully saturated rings. The quantitative estimate of drug-likeness (QED) is 0.771. The summed E-state index contributed by atoms with van der Waals surface area (Å²) >= 11 is 0. The van der Waals surface area contributed by atoms with E-state index >= 15 is 0 Å². The van der Waals surface area contributed by atoms with E-state index in [4.69, 9.17) is 0 Å². The van der Waals surface area contributed by atoms with Gasteiger partial charge >= 0.3 is 0 Å². The minimum Gasteiger partial charge on any atom is -0.316 e. The van der Waals surface area contributed by atoms with Crippen LogP contribution in [0.5, 0.6) is 0 Å². The first-order valence-corrected chi connectivity index (χ1v) is 6.98. The molecule has 0 aliphatic heterocycles. The molecule has 0 radical (unpaired) electrons. The molecule has 14 heavy (non-hydrogen) atoms. The fourth-order valence-electron chi connectivity index (χ4n) is 1.27. The number of hydrogen-bond donors (Lipinski definition) is 1. The van der Waals surface area contributed by atoms with Gasteiger partial charge < -0.3 is 5.32 Å². The highest BCUT2D eigenvalue weighted by molar-refractivity contribution is 8.76. The third-order valence-corrected chi connectivity index (χ3v) is 3.57. The van der Waals surface area contributed by atoms with Crippen LogP contribution in [-0.4, -0.2) is 13.3 Å². The van der Waals surface area contributed by atoms with Gasteiger partial charge in [0.1, 0.15) is 0 Å². The maximum absolute atomic E-state index is 3.81. The fourth-order valence-corrected chi connectivity index (χ4v) is 2.67. The summed E-state index contributed by atoms with van der Waals surface area (Å²) in [5.41, 5.74) is 2.52. The van der Waals surface area contributed by atoms with Gasteiger partial charge in [-0.1, -0.05) is 40.3 Å². The summed E-state index contributed by atoms with van der Waals surface area (Å²) in [6, 6.07) is 6.48. The van der Waals surface area contributed by atoms with Crippen molar-refractivity contribution in [2.45, 2.75) is 11.4 Å². The normalized spacial score (nSPS) is 10.1. The maximum atomic E-state index is 3.81. The van der Waals surface area contributed by atoms with Crippen LogP contribution in [0.2, 0.25) is 0 Å². The summed E-state index contributed by atoms with van der Waals surface area (Å²) in [6.45, 7) is 4.70. The summed E-state index contributed by atoms with van der Waals surface area (Å²) in [5.74, 6) is 0. The van der Waals surface area contributed by atoms with Crippen molar-refractivity contribution in [1.29, 1.82) is 0 Å². The monoisotopic (exact) mass is 225 g/mol. The van der Waals surface area contributed by atoms with Crippen LogP contribution in [0, 0.1) is 0 Å². The van der Waals surface area contributed by atoms with Crippen LogP contribution < -0.4 is 5.32 Å². The van der Waals surface area contributed by atoms with Crippen molar-refractivity contribution in [3.05, 3.63) is 35.9 Å². The lowest BCUT2D eigenvalue weighted by molar-refractivity contribution is 0.814. The van der Waals surface area contributed by atoms with E-state index < -0.39 is 0 Å². The Hall–Kier alpha value is -0.380. The second-order valence-electron chi connectivity index (χ2n) is 2.85. The molecule has 0 aromatic heterocycles. The minimum atomic E-state index is 0.893. The highest BCUT2D eigenvalue weighted by Gasteiger charge is 2.00. The van der Waals surface area contributed by atoms with Crippen LogP contribution in [0.3, 0.4) is 0 Å². The Morgan fingerprint density at radius 1 is 1.50 bits per heavy atom. The van der Waals surface area contributed by atoms with Gasteiger partial charge in [-0.15, -0.1) is 0 Å². The van der Waals surface area contributed by atoms with Crippen molar-refractivity contribution in [2.24, 2.45) is 0 Å². The average molecular weight is 225 g/mol. The molecule has 0 amide bonds. The first-order chi connectivity index (χ1) is 6.81. The lowest BCUT2D eigenvalue weighted by Gasteiger charge is -2.07. The van der Waals surface area contributed by atoms with Gasteiger partial charge in [0, 0.05) is 11.4 Å². The molecular formula is C11H15NS2. The first-order valence-electron chi connectivity index (χ1n) is 4.42. The van der Waals surface area contributed by atoms with E-state index in [1.165, 1.54) is 16.0 Å². The number of nitrogens with one attached hydrogen (secondary N) is 1. The number of hydrogen-bond acceptors (Lipinski definition) is 3. The SMILES string of the molecule is C=Cc1ccc(SSC)cc1CNC. The second kappa shape index (κ2) is 6.17. The number of benzene rings is 1. The zero-order chi connectivity index (χ0) is 10.4. The highest BCUT2D eigenvalue weighted by atomic mass is 33.1. The molecule has 1 aromatic rings. The molecule has 1 nitrogen and oxygen atoms in total. The third kappa shape index (κ3) is 3.08. The lowest BCUT2D eigenvalue weighted by Crippen LogP contribution is -2.06. The predicted octanol–water partition coefficient (Wildman–Crippen LogP) is 3.42. The zero-order valence-corrected chi connectivity index (χ0v) is 10.2. The summed E-state index contributed by atoms with van der Waals surface area (Å²) in [4.78, 5) is 1.30. The van der Waals surface area contributed by atoms with E-state index in [1.54, 1.807) is 21.6 Å². The molecule has 0 atom stereocenters. The van der Waals surface area contributed by atoms with E-state index in [0.29, 0.717) is 0 Å². The molecule has 76 valence electrons. The molecule has 1 N–H and O–H groups in total. The largest absolute Gasteiger partial charge is 0.316 e. The smallest absolute Gasteiger partial charge is 0.0208 e. The van der Waals surface area contributed by atoms with Crippen LogP contribution in [0.15, 0.2) is 29.7 Å². The topological polar surface area (TPSA) is 12.0 Å². The van der Waals surface area contributed by atoms with Crippen LogP contribution in [0.4, 0.5) is 0 Å². The van der Waals surface area contributed by atoms with Crippen LogP contribution in [0.1, 0.15) is 11.1 Å². The van der Waals surface area contributed by atoms with E-state index in [1.807, 2.05) is 13.1 Å². The van der Waals surface area contributed by atoms with Crippen molar-refractivity contribution in [2.75, 3.05) is 13.3 Å². The van der Waals surface area contributed by atoms with Gasteiger partial charge in [0.05, 0.1) is 0 Å². The molecule has 0 bridgehead atoms. The van der Waals surface area contributed by atoms with Crippen LogP contribution in [-0.2, 0) is 6.54 Å². The molecule has 0 saturated carbocycles. The van der Waals surface area contributed by atoms with Gasteiger partial charge in [0.2, 0.25) is 0 Å². The Bertz CT molecular complexity index is 310. The Morgan fingerprint density at radius 2 is 2.29 bits per heavy atom. The highest BCUT2D eigenvalue weighted by Crippen LogP contribution is 2.30. The molecule has 0 unspecified atom stereocenters. The molecular weight excluding hydrogens is 210 g/mol. The van der Waals surface area contributed by atoms with Gasteiger partial charge in [-0.3, -0.25) is 0 Å². The Kier molecular flexibility index (Phi) is 5.15. The molecule has 0 spiro atoms. The minimum absolute atomic E-state index is 0.893. The lowest BCUT2D eigenvalue weighted by atomic mass is 10.1. The van der Waals surface area contributed by atoms with Gasteiger partial charge in [-0.25, -0.2) is 0 Å². The van der Waals surface area contributed by atoms with Crippen molar-refractivity contribution >= 4 is 27.7 Å². The first kappa shape index (κ1) is 11.7. The molecule has 0 aliphatic rings. The maximum Gasteiger partial charge on any atom is 0.0208 e. The van der Waals surface area contributed by atoms with Gasteiger partial charge in [-0.05, 0) is 36.6 Å². The van der Waals surface area contributed by atoms with Crippen molar-refractivity contribution in [1.82, 2.24) is 5.32 Å². The molecule has 3 heteroatoms. The van der Waals surface area contributed by atoms with E-state index in [9.17, 15) is 0 Å². The van der Waals surface area contributed by atoms with Gasteiger partial charge in [-0.2, -0.15) is 0 Å². The van der Waals surface area contributed by atoms with Crippen molar-refractivity contribution < 1.29 is 0 Å². The predicted molar refractivity (Wildman–Crippen MR) is 68.7 cm³/mol. The molecule has 0 heterocycles. The second-order valence-corrected chi connectivity index (χ2v) is 5.32. The van der Waals surface area contributed by atoms with Crippen LogP contribution in [0.25, 0.3) is 6.08 Å². The Labute approximate surface area is 93.8 Å². The molecule has 1 aromatic carbocycles. The van der Waals surface area contributed by atoms with Crippen molar-refractivity contribution in [3.63, 3.8) is 0 Å². The molecule has 1 rings (SSSR count). The summed E-state index contributed by atoms with van der Waals surface area (Å²) < 4.78 is 0. The van der Waals surface area contributed by atoms with Crippen LogP contribution >= 0.6 is 21.6 Å². The molecule has 0 aliphatic carbocycles. The average Bonchev–Trinajstić information content (AvgIpc) is 2.19. The van der Waals surface area contributed by atoms with Gasteiger partial charge in [0.25, 0.3) is 0 Å². The standard InChI is InChI=1S/C11H15NS2/c1-4-9-5-6-11(14-13-3)7-10(9)8-12-2/h4-7,12H,1,8H2,2-3H3. The molecule has 0 saturated heterocycles. The number of rotatable bonds is 5.